The van der Waals surface area contributed by atoms with E-state index in [-0.39, 0.29) is 0 Å². The molecule has 0 aliphatic heterocycles. The van der Waals surface area contributed by atoms with Crippen LogP contribution >= 0.6 is 0 Å². The number of fused-ring (bicyclic) bond motifs is 3. The third-order valence-corrected chi connectivity index (χ3v) is 19.7. The molecule has 0 heterocycles. The number of hydrogen-bond acceptors (Lipinski definition) is 0. The Labute approximate surface area is 292 Å². The molecule has 0 saturated heterocycles. The first-order chi connectivity index (χ1) is 22.1. The Morgan fingerprint density at radius 1 is 0.596 bits per heavy atom. The summed E-state index contributed by atoms with van der Waals surface area (Å²) in [5.41, 5.74) is 2.82. The van der Waals surface area contributed by atoms with Crippen molar-refractivity contribution in [1.82, 2.24) is 0 Å². The van der Waals surface area contributed by atoms with Gasteiger partial charge in [0.2, 0.25) is 0 Å². The summed E-state index contributed by atoms with van der Waals surface area (Å²) in [5, 5.41) is 3.09. The second kappa shape index (κ2) is 13.3. The topological polar surface area (TPSA) is 0 Å². The molecule has 47 heavy (non-hydrogen) atoms. The van der Waals surface area contributed by atoms with E-state index in [4.69, 9.17) is 6.58 Å². The van der Waals surface area contributed by atoms with Crippen molar-refractivity contribution in [2.75, 3.05) is 0 Å². The summed E-state index contributed by atoms with van der Waals surface area (Å²) in [6, 6.07) is 24.0. The van der Waals surface area contributed by atoms with Gasteiger partial charge in [0.05, 0.1) is 0 Å². The normalized spacial score (nSPS) is 33.3. The highest BCUT2D eigenvalue weighted by Crippen LogP contribution is 2.67. The molecule has 1 heteroatoms. The summed E-state index contributed by atoms with van der Waals surface area (Å²) >= 11 is 0. The van der Waals surface area contributed by atoms with Gasteiger partial charge in [0, 0.05) is 0 Å². The summed E-state index contributed by atoms with van der Waals surface area (Å²) in [7, 11) is -1.89. The molecule has 0 nitrogen and oxygen atoms in total. The van der Waals surface area contributed by atoms with E-state index in [2.05, 4.69) is 123 Å². The molecule has 2 aromatic carbocycles. The maximum atomic E-state index is 4.82. The van der Waals surface area contributed by atoms with Crippen molar-refractivity contribution < 1.29 is 0 Å². The van der Waals surface area contributed by atoms with Crippen LogP contribution < -0.4 is 10.4 Å². The van der Waals surface area contributed by atoms with Crippen molar-refractivity contribution in [2.45, 2.75) is 132 Å². The molecule has 4 fully saturated rings. The van der Waals surface area contributed by atoms with Gasteiger partial charge in [-0.15, -0.1) is 6.58 Å². The number of rotatable bonds is 8. The highest BCUT2D eigenvalue weighted by Gasteiger charge is 2.60. The Hall–Kier alpha value is -1.60. The van der Waals surface area contributed by atoms with Gasteiger partial charge in [-0.3, -0.25) is 0 Å². The predicted molar refractivity (Wildman–Crippen MR) is 208 cm³/mol. The fourth-order valence-electron chi connectivity index (χ4n) is 12.5. The van der Waals surface area contributed by atoms with E-state index in [1.54, 1.807) is 10.4 Å². The molecular formula is C46H70Si. The lowest BCUT2D eigenvalue weighted by atomic mass is 9.56. The third kappa shape index (κ3) is 7.05. The molecule has 0 amide bonds. The first kappa shape index (κ1) is 35.2. The van der Waals surface area contributed by atoms with Crippen LogP contribution in [0.3, 0.4) is 0 Å². The zero-order valence-corrected chi connectivity index (χ0v) is 33.0. The summed E-state index contributed by atoms with van der Waals surface area (Å²) in [6.45, 7) is 28.2. The lowest BCUT2D eigenvalue weighted by Crippen LogP contribution is -2.55. The fraction of sp³-hybridized carbons (Fsp3) is 0.696. The van der Waals surface area contributed by atoms with Crippen molar-refractivity contribution in [3.8, 4) is 0 Å². The van der Waals surface area contributed by atoms with Gasteiger partial charge in [0.1, 0.15) is 8.07 Å². The minimum atomic E-state index is -1.89. The van der Waals surface area contributed by atoms with Gasteiger partial charge in [-0.2, -0.15) is 0 Å². The van der Waals surface area contributed by atoms with Gasteiger partial charge in [0.15, 0.2) is 0 Å². The highest BCUT2D eigenvalue weighted by atomic mass is 28.3. The largest absolute Gasteiger partial charge is 0.119 e. The number of benzene rings is 2. The Morgan fingerprint density at radius 3 is 1.49 bits per heavy atom. The molecule has 258 valence electrons. The van der Waals surface area contributed by atoms with E-state index in [0.29, 0.717) is 16.2 Å². The smallest absolute Gasteiger partial charge is 0.100 e. The zero-order chi connectivity index (χ0) is 33.8. The van der Waals surface area contributed by atoms with Crippen molar-refractivity contribution in [2.24, 2.45) is 69.5 Å². The molecule has 8 atom stereocenters. The second-order valence-corrected chi connectivity index (χ2v) is 24.5. The van der Waals surface area contributed by atoms with Gasteiger partial charge < -0.3 is 0 Å². The molecule has 4 aliphatic rings. The SMILES string of the molecule is C=C(CC1CCC(C(C)(C)C2C3CC(C(C)(C)C)CCC3C3CCC(C(C)(C)C)CC32)C1)C[Si](C)(c1ccccc1)c1ccccc1. The van der Waals surface area contributed by atoms with Crippen LogP contribution in [0.4, 0.5) is 0 Å². The minimum Gasteiger partial charge on any atom is -0.100 e. The van der Waals surface area contributed by atoms with Crippen LogP contribution in [0, 0.1) is 69.5 Å². The Bertz CT molecular complexity index is 1260. The van der Waals surface area contributed by atoms with Crippen LogP contribution in [-0.2, 0) is 0 Å². The summed E-state index contributed by atoms with van der Waals surface area (Å²) in [6.07, 6.45) is 14.5. The Morgan fingerprint density at radius 2 is 1.04 bits per heavy atom. The lowest BCUT2D eigenvalue weighted by Gasteiger charge is -2.49. The maximum Gasteiger partial charge on any atom is 0.119 e. The molecule has 0 N–H and O–H groups in total. The zero-order valence-electron chi connectivity index (χ0n) is 32.0. The lowest BCUT2D eigenvalue weighted by molar-refractivity contribution is -0.00172. The van der Waals surface area contributed by atoms with Gasteiger partial charge in [-0.05, 0) is 140 Å². The van der Waals surface area contributed by atoms with Crippen molar-refractivity contribution in [1.29, 1.82) is 0 Å². The predicted octanol–water partition coefficient (Wildman–Crippen LogP) is 12.1. The van der Waals surface area contributed by atoms with Gasteiger partial charge >= 0.3 is 0 Å². The van der Waals surface area contributed by atoms with Crippen molar-refractivity contribution in [3.63, 3.8) is 0 Å². The van der Waals surface area contributed by atoms with Crippen LogP contribution in [0.15, 0.2) is 72.8 Å². The Kier molecular flexibility index (Phi) is 9.94. The van der Waals surface area contributed by atoms with E-state index in [9.17, 15) is 0 Å². The quantitative estimate of drug-likeness (QED) is 0.197. The van der Waals surface area contributed by atoms with E-state index in [0.717, 1.165) is 53.3 Å². The van der Waals surface area contributed by atoms with E-state index >= 15 is 0 Å². The molecule has 8 unspecified atom stereocenters. The van der Waals surface area contributed by atoms with E-state index < -0.39 is 8.07 Å². The van der Waals surface area contributed by atoms with Gasteiger partial charge in [-0.1, -0.05) is 139 Å². The molecule has 0 radical (unpaired) electrons. The molecule has 4 aliphatic carbocycles. The van der Waals surface area contributed by atoms with Crippen LogP contribution in [0.25, 0.3) is 0 Å². The first-order valence-corrected chi connectivity index (χ1v) is 22.6. The molecule has 0 bridgehead atoms. The molecule has 6 rings (SSSR count). The van der Waals surface area contributed by atoms with Crippen molar-refractivity contribution in [3.05, 3.63) is 72.8 Å². The third-order valence-electron chi connectivity index (χ3n) is 15.3. The summed E-state index contributed by atoms with van der Waals surface area (Å²) in [4.78, 5) is 0. The van der Waals surface area contributed by atoms with E-state index in [1.807, 2.05) is 0 Å². The molecular weight excluding hydrogens is 581 g/mol. The van der Waals surface area contributed by atoms with Gasteiger partial charge in [0.25, 0.3) is 0 Å². The standard InChI is InChI=1S/C46H70Si/c1-32(31-47(10,37-17-13-11-14-18-37)38-19-15-12-16-20-38)27-33-21-22-36(28-33)46(8,9)43-41-29-34(44(2,3)4)23-25-39(41)40-26-24-35(30-42(40)43)45(5,6)7/h11-20,33-36,39-43H,1,21-31H2,2-10H3. The van der Waals surface area contributed by atoms with Crippen LogP contribution in [0.5, 0.6) is 0 Å². The summed E-state index contributed by atoms with van der Waals surface area (Å²) in [5.74, 6) is 8.28. The van der Waals surface area contributed by atoms with Crippen LogP contribution in [-0.4, -0.2) is 8.07 Å². The second-order valence-electron chi connectivity index (χ2n) is 20.3. The first-order valence-electron chi connectivity index (χ1n) is 19.9. The summed E-state index contributed by atoms with van der Waals surface area (Å²) < 4.78 is 0. The molecule has 0 spiro atoms. The average Bonchev–Trinajstić information content (AvgIpc) is 3.63. The molecule has 0 aromatic heterocycles. The Balaban J connectivity index is 1.19. The average molecular weight is 651 g/mol. The van der Waals surface area contributed by atoms with Gasteiger partial charge in [-0.25, -0.2) is 0 Å². The van der Waals surface area contributed by atoms with E-state index in [1.165, 1.54) is 75.8 Å². The maximum absolute atomic E-state index is 4.82. The van der Waals surface area contributed by atoms with Crippen molar-refractivity contribution >= 4 is 18.4 Å². The van der Waals surface area contributed by atoms with Crippen LogP contribution in [0.1, 0.15) is 120 Å². The van der Waals surface area contributed by atoms with Crippen LogP contribution in [0.2, 0.25) is 12.6 Å². The molecule has 4 saturated carbocycles. The monoisotopic (exact) mass is 651 g/mol. The molecule has 2 aromatic rings. The fourth-order valence-corrected chi connectivity index (χ4v) is 16.3. The highest BCUT2D eigenvalue weighted by molar-refractivity contribution is 7.01. The minimum absolute atomic E-state index is 0.426. The number of hydrogen-bond donors (Lipinski definition) is 0. The number of allylic oxidation sites excluding steroid dienone is 1.